The number of hydrogen-bond acceptors (Lipinski definition) is 5. The lowest BCUT2D eigenvalue weighted by atomic mass is 10.2. The predicted octanol–water partition coefficient (Wildman–Crippen LogP) is 3.84. The molecule has 3 aromatic rings. The predicted molar refractivity (Wildman–Crippen MR) is 92.3 cm³/mol. The van der Waals surface area contributed by atoms with Gasteiger partial charge in [0.1, 0.15) is 6.61 Å². The van der Waals surface area contributed by atoms with Gasteiger partial charge in [-0.05, 0) is 48.0 Å². The number of nitrogens with zero attached hydrogens (tertiary/aromatic N) is 2. The fourth-order valence-electron chi connectivity index (χ4n) is 2.40. The lowest BCUT2D eigenvalue weighted by molar-refractivity contribution is -0.0512. The van der Waals surface area contributed by atoms with Crippen molar-refractivity contribution >= 4 is 5.97 Å². The van der Waals surface area contributed by atoms with E-state index in [1.165, 1.54) is 25.3 Å². The first kappa shape index (κ1) is 18.4. The van der Waals surface area contributed by atoms with Crippen LogP contribution in [0.3, 0.4) is 0 Å². The van der Waals surface area contributed by atoms with Gasteiger partial charge in [0.05, 0.1) is 18.4 Å². The molecule has 0 aliphatic carbocycles. The fourth-order valence-corrected chi connectivity index (χ4v) is 2.40. The van der Waals surface area contributed by atoms with E-state index in [4.69, 9.17) is 9.47 Å². The minimum atomic E-state index is -2.95. The molecule has 3 rings (SSSR count). The largest absolute Gasteiger partial charge is 0.493 e. The second-order valence-corrected chi connectivity index (χ2v) is 5.44. The molecule has 0 fully saturated rings. The highest BCUT2D eigenvalue weighted by Gasteiger charge is 2.13. The van der Waals surface area contributed by atoms with E-state index < -0.39 is 12.6 Å². The second-order valence-electron chi connectivity index (χ2n) is 5.44. The molecular formula is C19H16F2N2O4. The number of carbonyl (C=O) groups is 1. The van der Waals surface area contributed by atoms with Gasteiger partial charge in [-0.3, -0.25) is 0 Å². The Morgan fingerprint density at radius 3 is 2.56 bits per heavy atom. The average molecular weight is 374 g/mol. The molecule has 0 N–H and O–H groups in total. The monoisotopic (exact) mass is 374 g/mol. The smallest absolute Gasteiger partial charge is 0.387 e. The topological polar surface area (TPSA) is 62.6 Å². The standard InChI is InChI=1S/C19H16F2N2O4/c1-25-17-11-13(3-8-16(17)27-19(20)21)12-26-18(24)14-4-6-15(7-5-14)23-10-2-9-22-23/h2-11,19H,12H2,1H3. The summed E-state index contributed by atoms with van der Waals surface area (Å²) in [6.07, 6.45) is 3.45. The van der Waals surface area contributed by atoms with Crippen LogP contribution in [0.15, 0.2) is 60.9 Å². The molecular weight excluding hydrogens is 358 g/mol. The number of aromatic nitrogens is 2. The van der Waals surface area contributed by atoms with E-state index >= 15 is 0 Å². The number of ether oxygens (including phenoxy) is 3. The molecule has 0 aliphatic heterocycles. The fraction of sp³-hybridized carbons (Fsp3) is 0.158. The van der Waals surface area contributed by atoms with Crippen LogP contribution in [0.2, 0.25) is 0 Å². The van der Waals surface area contributed by atoms with Crippen molar-refractivity contribution in [3.8, 4) is 17.2 Å². The maximum absolute atomic E-state index is 12.3. The van der Waals surface area contributed by atoms with Crippen LogP contribution < -0.4 is 9.47 Å². The highest BCUT2D eigenvalue weighted by molar-refractivity contribution is 5.89. The molecule has 140 valence electrons. The van der Waals surface area contributed by atoms with Gasteiger partial charge in [-0.2, -0.15) is 13.9 Å². The minimum Gasteiger partial charge on any atom is -0.493 e. The van der Waals surface area contributed by atoms with Crippen molar-refractivity contribution in [1.82, 2.24) is 9.78 Å². The molecule has 1 heterocycles. The minimum absolute atomic E-state index is 0.0366. The molecule has 2 aromatic carbocycles. The Labute approximate surface area is 153 Å². The Kier molecular flexibility index (Phi) is 5.65. The Bertz CT molecular complexity index is 897. The van der Waals surface area contributed by atoms with Gasteiger partial charge >= 0.3 is 12.6 Å². The summed E-state index contributed by atoms with van der Waals surface area (Å²) >= 11 is 0. The van der Waals surface area contributed by atoms with Gasteiger partial charge in [0.2, 0.25) is 0 Å². The number of rotatable bonds is 7. The SMILES string of the molecule is COc1cc(COC(=O)c2ccc(-n3cccn3)cc2)ccc1OC(F)F. The third-order valence-electron chi connectivity index (χ3n) is 3.69. The Balaban J connectivity index is 1.63. The van der Waals surface area contributed by atoms with Crippen LogP contribution >= 0.6 is 0 Å². The van der Waals surface area contributed by atoms with E-state index in [1.54, 1.807) is 47.4 Å². The van der Waals surface area contributed by atoms with Gasteiger partial charge in [0, 0.05) is 12.4 Å². The van der Waals surface area contributed by atoms with Crippen molar-refractivity contribution in [2.45, 2.75) is 13.2 Å². The zero-order valence-corrected chi connectivity index (χ0v) is 14.3. The van der Waals surface area contributed by atoms with E-state index in [1.807, 2.05) is 0 Å². The zero-order chi connectivity index (χ0) is 19.2. The van der Waals surface area contributed by atoms with Gasteiger partial charge in [0.15, 0.2) is 11.5 Å². The van der Waals surface area contributed by atoms with Gasteiger partial charge in [0.25, 0.3) is 0 Å². The molecule has 8 heteroatoms. The number of halogens is 2. The summed E-state index contributed by atoms with van der Waals surface area (Å²) in [5.41, 5.74) is 1.78. The summed E-state index contributed by atoms with van der Waals surface area (Å²) in [7, 11) is 1.34. The van der Waals surface area contributed by atoms with Crippen LogP contribution in [0.25, 0.3) is 5.69 Å². The third-order valence-corrected chi connectivity index (χ3v) is 3.69. The lowest BCUT2D eigenvalue weighted by Gasteiger charge is -2.12. The first-order valence-corrected chi connectivity index (χ1v) is 7.96. The van der Waals surface area contributed by atoms with Crippen LogP contribution in [-0.2, 0) is 11.3 Å². The van der Waals surface area contributed by atoms with Crippen molar-refractivity contribution in [3.05, 3.63) is 72.1 Å². The van der Waals surface area contributed by atoms with E-state index in [2.05, 4.69) is 9.84 Å². The molecule has 6 nitrogen and oxygen atoms in total. The van der Waals surface area contributed by atoms with Crippen LogP contribution in [0.1, 0.15) is 15.9 Å². The van der Waals surface area contributed by atoms with E-state index in [0.29, 0.717) is 11.1 Å². The number of esters is 1. The highest BCUT2D eigenvalue weighted by atomic mass is 19.3. The van der Waals surface area contributed by atoms with Gasteiger partial charge < -0.3 is 14.2 Å². The number of hydrogen-bond donors (Lipinski definition) is 0. The molecule has 0 saturated carbocycles. The molecule has 0 bridgehead atoms. The van der Waals surface area contributed by atoms with Crippen molar-refractivity contribution in [1.29, 1.82) is 0 Å². The summed E-state index contributed by atoms with van der Waals surface area (Å²) < 4.78 is 41.0. The van der Waals surface area contributed by atoms with Crippen molar-refractivity contribution in [3.63, 3.8) is 0 Å². The average Bonchev–Trinajstić information content (AvgIpc) is 3.21. The first-order valence-electron chi connectivity index (χ1n) is 7.96. The summed E-state index contributed by atoms with van der Waals surface area (Å²) in [4.78, 5) is 12.2. The molecule has 1 aromatic heterocycles. The van der Waals surface area contributed by atoms with E-state index in [9.17, 15) is 13.6 Å². The van der Waals surface area contributed by atoms with Crippen molar-refractivity contribution in [2.75, 3.05) is 7.11 Å². The summed E-state index contributed by atoms with van der Waals surface area (Å²) in [6.45, 7) is -2.99. The molecule has 0 saturated heterocycles. The Morgan fingerprint density at radius 2 is 1.93 bits per heavy atom. The third kappa shape index (κ3) is 4.60. The maximum Gasteiger partial charge on any atom is 0.387 e. The van der Waals surface area contributed by atoms with E-state index in [-0.39, 0.29) is 18.1 Å². The Hall–Kier alpha value is -3.42. The number of carbonyl (C=O) groups excluding carboxylic acids is 1. The molecule has 0 radical (unpaired) electrons. The molecule has 0 unspecified atom stereocenters. The number of alkyl halides is 2. The van der Waals surface area contributed by atoms with Crippen molar-refractivity contribution < 1.29 is 27.8 Å². The van der Waals surface area contributed by atoms with Gasteiger partial charge in [-0.25, -0.2) is 9.48 Å². The van der Waals surface area contributed by atoms with Crippen LogP contribution in [0.4, 0.5) is 8.78 Å². The van der Waals surface area contributed by atoms with Crippen LogP contribution in [0.5, 0.6) is 11.5 Å². The van der Waals surface area contributed by atoms with Gasteiger partial charge in [-0.1, -0.05) is 6.07 Å². The second kappa shape index (κ2) is 8.31. The molecule has 0 atom stereocenters. The maximum atomic E-state index is 12.3. The molecule has 0 aliphatic rings. The summed E-state index contributed by atoms with van der Waals surface area (Å²) in [5, 5.41) is 4.11. The Morgan fingerprint density at radius 1 is 1.15 bits per heavy atom. The van der Waals surface area contributed by atoms with E-state index in [0.717, 1.165) is 5.69 Å². The quantitative estimate of drug-likeness (QED) is 0.588. The molecule has 27 heavy (non-hydrogen) atoms. The first-order chi connectivity index (χ1) is 13.1. The lowest BCUT2D eigenvalue weighted by Crippen LogP contribution is -2.07. The van der Waals surface area contributed by atoms with Gasteiger partial charge in [-0.15, -0.1) is 0 Å². The normalized spacial score (nSPS) is 10.7. The highest BCUT2D eigenvalue weighted by Crippen LogP contribution is 2.29. The van der Waals surface area contributed by atoms with Crippen LogP contribution in [-0.4, -0.2) is 29.5 Å². The summed E-state index contributed by atoms with van der Waals surface area (Å²) in [5.74, 6) is -0.460. The molecule has 0 amide bonds. The summed E-state index contributed by atoms with van der Waals surface area (Å²) in [6, 6.07) is 12.9. The van der Waals surface area contributed by atoms with Crippen LogP contribution in [0, 0.1) is 0 Å². The molecule has 0 spiro atoms. The number of benzene rings is 2. The zero-order valence-electron chi connectivity index (χ0n) is 14.3. The van der Waals surface area contributed by atoms with Crippen molar-refractivity contribution in [2.24, 2.45) is 0 Å². The number of methoxy groups -OCH3 is 1.